The van der Waals surface area contributed by atoms with Gasteiger partial charge in [-0.05, 0) is 32.1 Å². The molecule has 0 aliphatic heterocycles. The van der Waals surface area contributed by atoms with Crippen molar-refractivity contribution in [1.82, 2.24) is 0 Å². The number of unbranched alkanes of at least 4 members (excludes halogenated alkanes) is 2. The van der Waals surface area contributed by atoms with Gasteiger partial charge in [0, 0.05) is 19.8 Å². The molecule has 86 valence electrons. The van der Waals surface area contributed by atoms with Gasteiger partial charge in [-0.2, -0.15) is 0 Å². The lowest BCUT2D eigenvalue weighted by Gasteiger charge is -2.14. The normalized spacial score (nSPS) is 13.1. The van der Waals surface area contributed by atoms with E-state index in [4.69, 9.17) is 20.1 Å². The topological polar surface area (TPSA) is 69.9 Å². The molecule has 4 nitrogen and oxygen atoms in total. The van der Waals surface area contributed by atoms with Crippen LogP contribution < -0.4 is 0 Å². The zero-order chi connectivity index (χ0) is 10.6. The van der Waals surface area contributed by atoms with Gasteiger partial charge < -0.3 is 20.1 Å². The van der Waals surface area contributed by atoms with Crippen LogP contribution in [0.3, 0.4) is 0 Å². The van der Waals surface area contributed by atoms with Crippen molar-refractivity contribution in [2.75, 3.05) is 26.4 Å². The monoisotopic (exact) mass is 206 g/mol. The maximum absolute atomic E-state index is 8.91. The fourth-order valence-corrected chi connectivity index (χ4v) is 1.19. The molecular weight excluding hydrogens is 184 g/mol. The molecule has 0 radical (unpaired) electrons. The molecule has 0 amide bonds. The van der Waals surface area contributed by atoms with Crippen LogP contribution >= 0.6 is 0 Å². The quantitative estimate of drug-likeness (QED) is 0.450. The SMILES string of the molecule is OCCCCCOC(CO)CCCO. The second-order valence-electron chi connectivity index (χ2n) is 3.33. The molecule has 0 heterocycles. The maximum atomic E-state index is 8.91. The first-order valence-electron chi connectivity index (χ1n) is 5.29. The Balaban J connectivity index is 3.24. The highest BCUT2D eigenvalue weighted by molar-refractivity contribution is 4.55. The minimum atomic E-state index is -0.142. The molecule has 0 aliphatic carbocycles. The number of hydrogen-bond acceptors (Lipinski definition) is 4. The molecule has 0 saturated heterocycles. The van der Waals surface area contributed by atoms with Crippen LogP contribution in [0, 0.1) is 0 Å². The largest absolute Gasteiger partial charge is 0.396 e. The molecule has 0 aliphatic rings. The number of hydrogen-bond donors (Lipinski definition) is 3. The summed E-state index contributed by atoms with van der Waals surface area (Å²) >= 11 is 0. The zero-order valence-corrected chi connectivity index (χ0v) is 8.69. The average Bonchev–Trinajstić information content (AvgIpc) is 2.22. The van der Waals surface area contributed by atoms with Crippen LogP contribution in [0.4, 0.5) is 0 Å². The first-order valence-corrected chi connectivity index (χ1v) is 5.29. The summed E-state index contributed by atoms with van der Waals surface area (Å²) in [7, 11) is 0. The van der Waals surface area contributed by atoms with E-state index in [1.54, 1.807) is 0 Å². The Morgan fingerprint density at radius 1 is 0.857 bits per heavy atom. The predicted octanol–water partition coefficient (Wildman–Crippen LogP) is 0.299. The van der Waals surface area contributed by atoms with E-state index < -0.39 is 0 Å². The molecule has 14 heavy (non-hydrogen) atoms. The standard InChI is InChI=1S/C10H22O4/c11-6-2-1-3-8-14-10(9-13)5-4-7-12/h10-13H,1-9H2. The van der Waals surface area contributed by atoms with Crippen LogP contribution in [0.25, 0.3) is 0 Å². The third kappa shape index (κ3) is 8.44. The summed E-state index contributed by atoms with van der Waals surface area (Å²) in [5, 5.41) is 26.0. The summed E-state index contributed by atoms with van der Waals surface area (Å²) in [5.74, 6) is 0. The Hall–Kier alpha value is -0.160. The van der Waals surface area contributed by atoms with Gasteiger partial charge in [-0.3, -0.25) is 0 Å². The lowest BCUT2D eigenvalue weighted by molar-refractivity contribution is 0.00283. The van der Waals surface area contributed by atoms with Gasteiger partial charge >= 0.3 is 0 Å². The fourth-order valence-electron chi connectivity index (χ4n) is 1.19. The molecule has 0 aromatic rings. The minimum Gasteiger partial charge on any atom is -0.396 e. The van der Waals surface area contributed by atoms with E-state index in [-0.39, 0.29) is 25.9 Å². The number of ether oxygens (including phenoxy) is 1. The summed E-state index contributed by atoms with van der Waals surface area (Å²) in [6.45, 7) is 1.01. The van der Waals surface area contributed by atoms with Crippen molar-refractivity contribution in [3.05, 3.63) is 0 Å². The smallest absolute Gasteiger partial charge is 0.0806 e. The molecule has 0 fully saturated rings. The Morgan fingerprint density at radius 3 is 2.14 bits per heavy atom. The van der Waals surface area contributed by atoms with Gasteiger partial charge in [-0.25, -0.2) is 0 Å². The molecule has 1 atom stereocenters. The first-order chi connectivity index (χ1) is 6.85. The maximum Gasteiger partial charge on any atom is 0.0806 e. The van der Waals surface area contributed by atoms with Gasteiger partial charge in [-0.15, -0.1) is 0 Å². The van der Waals surface area contributed by atoms with Crippen LogP contribution in [0.5, 0.6) is 0 Å². The molecule has 4 heteroatoms. The molecular formula is C10H22O4. The summed E-state index contributed by atoms with van der Waals surface area (Å²) in [4.78, 5) is 0. The van der Waals surface area contributed by atoms with E-state index in [2.05, 4.69) is 0 Å². The van der Waals surface area contributed by atoms with E-state index in [0.29, 0.717) is 19.4 Å². The van der Waals surface area contributed by atoms with Gasteiger partial charge in [0.05, 0.1) is 12.7 Å². The average molecular weight is 206 g/mol. The van der Waals surface area contributed by atoms with Crippen molar-refractivity contribution in [3.63, 3.8) is 0 Å². The molecule has 3 N–H and O–H groups in total. The van der Waals surface area contributed by atoms with Gasteiger partial charge in [0.2, 0.25) is 0 Å². The molecule has 1 unspecified atom stereocenters. The highest BCUT2D eigenvalue weighted by Gasteiger charge is 2.06. The van der Waals surface area contributed by atoms with Gasteiger partial charge in [-0.1, -0.05) is 0 Å². The van der Waals surface area contributed by atoms with E-state index in [9.17, 15) is 0 Å². The summed E-state index contributed by atoms with van der Waals surface area (Å²) < 4.78 is 5.40. The van der Waals surface area contributed by atoms with Crippen molar-refractivity contribution in [2.45, 2.75) is 38.2 Å². The van der Waals surface area contributed by atoms with E-state index >= 15 is 0 Å². The van der Waals surface area contributed by atoms with Gasteiger partial charge in [0.25, 0.3) is 0 Å². The number of rotatable bonds is 10. The summed E-state index contributed by atoms with van der Waals surface area (Å²) in [6, 6.07) is 0. The highest BCUT2D eigenvalue weighted by atomic mass is 16.5. The van der Waals surface area contributed by atoms with Crippen LogP contribution in [0.2, 0.25) is 0 Å². The van der Waals surface area contributed by atoms with Crippen LogP contribution in [-0.4, -0.2) is 47.9 Å². The Labute approximate surface area is 85.5 Å². The fraction of sp³-hybridized carbons (Fsp3) is 1.00. The molecule has 0 bridgehead atoms. The predicted molar refractivity (Wildman–Crippen MR) is 54.1 cm³/mol. The third-order valence-corrected chi connectivity index (χ3v) is 2.04. The molecule has 0 aromatic heterocycles. The molecule has 0 spiro atoms. The highest BCUT2D eigenvalue weighted by Crippen LogP contribution is 2.03. The van der Waals surface area contributed by atoms with Gasteiger partial charge in [0.1, 0.15) is 0 Å². The minimum absolute atomic E-state index is 0.0139. The molecule has 0 saturated carbocycles. The van der Waals surface area contributed by atoms with Crippen LogP contribution in [0.15, 0.2) is 0 Å². The van der Waals surface area contributed by atoms with Gasteiger partial charge in [0.15, 0.2) is 0 Å². The second-order valence-corrected chi connectivity index (χ2v) is 3.33. The van der Waals surface area contributed by atoms with Crippen molar-refractivity contribution in [2.24, 2.45) is 0 Å². The summed E-state index contributed by atoms with van der Waals surface area (Å²) in [6.07, 6.45) is 3.90. The summed E-state index contributed by atoms with van der Waals surface area (Å²) in [5.41, 5.74) is 0. The third-order valence-electron chi connectivity index (χ3n) is 2.04. The van der Waals surface area contributed by atoms with E-state index in [1.807, 2.05) is 0 Å². The Morgan fingerprint density at radius 2 is 1.57 bits per heavy atom. The Kier molecular flexibility index (Phi) is 10.8. The van der Waals surface area contributed by atoms with Crippen molar-refractivity contribution in [3.8, 4) is 0 Å². The zero-order valence-electron chi connectivity index (χ0n) is 8.69. The first kappa shape index (κ1) is 13.8. The lowest BCUT2D eigenvalue weighted by atomic mass is 10.2. The van der Waals surface area contributed by atoms with Crippen molar-refractivity contribution in [1.29, 1.82) is 0 Å². The molecule has 0 rings (SSSR count). The van der Waals surface area contributed by atoms with Crippen molar-refractivity contribution < 1.29 is 20.1 Å². The Bertz CT molecular complexity index is 108. The van der Waals surface area contributed by atoms with E-state index in [0.717, 1.165) is 19.3 Å². The van der Waals surface area contributed by atoms with Crippen molar-refractivity contribution >= 4 is 0 Å². The number of aliphatic hydroxyl groups is 3. The second kappa shape index (κ2) is 10.9. The van der Waals surface area contributed by atoms with Crippen LogP contribution in [0.1, 0.15) is 32.1 Å². The van der Waals surface area contributed by atoms with Crippen LogP contribution in [-0.2, 0) is 4.74 Å². The number of aliphatic hydroxyl groups excluding tert-OH is 3. The molecule has 0 aromatic carbocycles. The lowest BCUT2D eigenvalue weighted by Crippen LogP contribution is -2.18. The van der Waals surface area contributed by atoms with E-state index in [1.165, 1.54) is 0 Å².